The number of nitrogen functional groups attached to an aromatic ring is 1. The molecule has 0 saturated carbocycles. The van der Waals surface area contributed by atoms with Gasteiger partial charge in [-0.25, -0.2) is 0 Å². The van der Waals surface area contributed by atoms with Crippen molar-refractivity contribution in [3.05, 3.63) is 30.5 Å². The summed E-state index contributed by atoms with van der Waals surface area (Å²) in [6.45, 7) is 5.23. The van der Waals surface area contributed by atoms with Gasteiger partial charge in [0.2, 0.25) is 0 Å². The Bertz CT molecular complexity index is 554. The number of fused-ring (bicyclic) bond motifs is 1. The van der Waals surface area contributed by atoms with Crippen LogP contribution in [0.2, 0.25) is 0 Å². The molecule has 2 aromatic rings. The largest absolute Gasteiger partial charge is 0.493 e. The molecule has 0 spiro atoms. The van der Waals surface area contributed by atoms with Crippen LogP contribution in [0.5, 0.6) is 5.75 Å². The molecule has 1 atom stereocenters. The van der Waals surface area contributed by atoms with E-state index in [0.717, 1.165) is 29.7 Å². The topological polar surface area (TPSA) is 48.1 Å². The average Bonchev–Trinajstić information content (AvgIpc) is 2.48. The lowest BCUT2D eigenvalue weighted by Gasteiger charge is -2.16. The van der Waals surface area contributed by atoms with Gasteiger partial charge < -0.3 is 10.5 Å². The number of ether oxygens (including phenoxy) is 1. The van der Waals surface area contributed by atoms with Crippen LogP contribution >= 0.6 is 0 Å². The van der Waals surface area contributed by atoms with Crippen LogP contribution in [0.3, 0.4) is 0 Å². The van der Waals surface area contributed by atoms with Gasteiger partial charge in [0.05, 0.1) is 17.8 Å². The highest BCUT2D eigenvalue weighted by atomic mass is 16.5. The highest BCUT2D eigenvalue weighted by Gasteiger charge is 2.09. The zero-order valence-corrected chi connectivity index (χ0v) is 12.4. The van der Waals surface area contributed by atoms with Gasteiger partial charge in [0.25, 0.3) is 0 Å². The van der Waals surface area contributed by atoms with Crippen molar-refractivity contribution in [3.63, 3.8) is 0 Å². The minimum absolute atomic E-state index is 0.624. The predicted octanol–water partition coefficient (Wildman–Crippen LogP) is 4.41. The van der Waals surface area contributed by atoms with Crippen molar-refractivity contribution in [2.24, 2.45) is 5.92 Å². The second-order valence-corrected chi connectivity index (χ2v) is 5.28. The van der Waals surface area contributed by atoms with Crippen molar-refractivity contribution in [2.45, 2.75) is 39.5 Å². The van der Waals surface area contributed by atoms with Gasteiger partial charge >= 0.3 is 0 Å². The lowest BCUT2D eigenvalue weighted by atomic mass is 10.0. The van der Waals surface area contributed by atoms with Gasteiger partial charge in [-0.1, -0.05) is 39.2 Å². The standard InChI is InChI=1S/C17H24N2O/c1-3-5-7-13(4-2)12-20-16-10-11-19-17-14(16)8-6-9-15(17)18/h6,8-11,13H,3-5,7,12,18H2,1-2H3. The molecule has 0 aliphatic rings. The highest BCUT2D eigenvalue weighted by molar-refractivity contribution is 5.93. The Balaban J connectivity index is 2.11. The van der Waals surface area contributed by atoms with Crippen molar-refractivity contribution < 1.29 is 4.74 Å². The Morgan fingerprint density at radius 3 is 2.85 bits per heavy atom. The van der Waals surface area contributed by atoms with Gasteiger partial charge in [-0.3, -0.25) is 4.98 Å². The van der Waals surface area contributed by atoms with E-state index in [1.54, 1.807) is 6.20 Å². The van der Waals surface area contributed by atoms with Crippen LogP contribution in [0, 0.1) is 5.92 Å². The van der Waals surface area contributed by atoms with Gasteiger partial charge in [0.1, 0.15) is 5.75 Å². The van der Waals surface area contributed by atoms with E-state index in [2.05, 4.69) is 18.8 Å². The number of hydrogen-bond donors (Lipinski definition) is 1. The van der Waals surface area contributed by atoms with Crippen LogP contribution < -0.4 is 10.5 Å². The van der Waals surface area contributed by atoms with Crippen LogP contribution in [-0.4, -0.2) is 11.6 Å². The third-order valence-corrected chi connectivity index (χ3v) is 3.78. The number of rotatable bonds is 7. The Morgan fingerprint density at radius 2 is 2.10 bits per heavy atom. The zero-order valence-electron chi connectivity index (χ0n) is 12.4. The van der Waals surface area contributed by atoms with Gasteiger partial charge in [0.15, 0.2) is 0 Å². The maximum absolute atomic E-state index is 6.03. The number of nitrogens with zero attached hydrogens (tertiary/aromatic N) is 1. The molecule has 108 valence electrons. The number of anilines is 1. The molecule has 0 saturated heterocycles. The molecule has 0 aliphatic carbocycles. The fourth-order valence-electron chi connectivity index (χ4n) is 2.41. The molecule has 3 heteroatoms. The lowest BCUT2D eigenvalue weighted by Crippen LogP contribution is -2.11. The molecular weight excluding hydrogens is 248 g/mol. The number of benzene rings is 1. The molecule has 3 nitrogen and oxygen atoms in total. The van der Waals surface area contributed by atoms with Gasteiger partial charge in [-0.15, -0.1) is 0 Å². The molecule has 20 heavy (non-hydrogen) atoms. The van der Waals surface area contributed by atoms with Crippen LogP contribution in [0.4, 0.5) is 5.69 Å². The number of unbranched alkanes of at least 4 members (excludes halogenated alkanes) is 1. The molecule has 0 amide bonds. The molecule has 1 heterocycles. The summed E-state index contributed by atoms with van der Waals surface area (Å²) < 4.78 is 6.03. The Kier molecular flexibility index (Phi) is 5.22. The monoisotopic (exact) mass is 272 g/mol. The van der Waals surface area contributed by atoms with Crippen molar-refractivity contribution in [3.8, 4) is 5.75 Å². The number of nitrogens with two attached hydrogens (primary N) is 1. The number of para-hydroxylation sites is 1. The first-order chi connectivity index (χ1) is 9.76. The summed E-state index contributed by atoms with van der Waals surface area (Å²) in [6.07, 6.45) is 6.67. The fourth-order valence-corrected chi connectivity index (χ4v) is 2.41. The molecular formula is C17H24N2O. The van der Waals surface area contributed by atoms with Crippen molar-refractivity contribution in [2.75, 3.05) is 12.3 Å². The molecule has 1 aromatic carbocycles. The van der Waals surface area contributed by atoms with Crippen LogP contribution in [0.1, 0.15) is 39.5 Å². The van der Waals surface area contributed by atoms with Gasteiger partial charge in [-0.2, -0.15) is 0 Å². The van der Waals surface area contributed by atoms with Crippen molar-refractivity contribution in [1.82, 2.24) is 4.98 Å². The third-order valence-electron chi connectivity index (χ3n) is 3.78. The van der Waals surface area contributed by atoms with E-state index >= 15 is 0 Å². The number of hydrogen-bond acceptors (Lipinski definition) is 3. The van der Waals surface area contributed by atoms with E-state index in [-0.39, 0.29) is 0 Å². The van der Waals surface area contributed by atoms with E-state index in [9.17, 15) is 0 Å². The molecule has 1 aromatic heterocycles. The normalized spacial score (nSPS) is 12.5. The summed E-state index contributed by atoms with van der Waals surface area (Å²) in [5.41, 5.74) is 7.48. The summed E-state index contributed by atoms with van der Waals surface area (Å²) in [7, 11) is 0. The van der Waals surface area contributed by atoms with Crippen LogP contribution in [0.15, 0.2) is 30.5 Å². The second-order valence-electron chi connectivity index (χ2n) is 5.28. The van der Waals surface area contributed by atoms with Gasteiger partial charge in [-0.05, 0) is 30.5 Å². The first-order valence-electron chi connectivity index (χ1n) is 7.52. The zero-order chi connectivity index (χ0) is 14.4. The fraction of sp³-hybridized carbons (Fsp3) is 0.471. The van der Waals surface area contributed by atoms with E-state index in [1.807, 2.05) is 24.3 Å². The first-order valence-corrected chi connectivity index (χ1v) is 7.52. The highest BCUT2D eigenvalue weighted by Crippen LogP contribution is 2.28. The van der Waals surface area contributed by atoms with E-state index in [1.165, 1.54) is 19.3 Å². The third kappa shape index (κ3) is 3.41. The molecule has 0 aliphatic heterocycles. The van der Waals surface area contributed by atoms with Gasteiger partial charge in [0, 0.05) is 11.6 Å². The molecule has 0 bridgehead atoms. The molecule has 2 rings (SSSR count). The summed E-state index contributed by atoms with van der Waals surface area (Å²) in [5, 5.41) is 0.998. The summed E-state index contributed by atoms with van der Waals surface area (Å²) in [6, 6.07) is 7.76. The quantitative estimate of drug-likeness (QED) is 0.759. The molecule has 0 fully saturated rings. The maximum Gasteiger partial charge on any atom is 0.130 e. The van der Waals surface area contributed by atoms with Crippen LogP contribution in [0.25, 0.3) is 10.9 Å². The van der Waals surface area contributed by atoms with E-state index < -0.39 is 0 Å². The SMILES string of the molecule is CCCCC(CC)COc1ccnc2c(N)cccc12. The first kappa shape index (κ1) is 14.6. The minimum atomic E-state index is 0.624. The Morgan fingerprint density at radius 1 is 1.25 bits per heavy atom. The van der Waals surface area contributed by atoms with E-state index in [4.69, 9.17) is 10.5 Å². The average molecular weight is 272 g/mol. The molecule has 2 N–H and O–H groups in total. The lowest BCUT2D eigenvalue weighted by molar-refractivity contribution is 0.235. The van der Waals surface area contributed by atoms with Crippen molar-refractivity contribution >= 4 is 16.6 Å². The Labute approximate surface area is 121 Å². The Hall–Kier alpha value is -1.77. The molecule has 0 radical (unpaired) electrons. The van der Waals surface area contributed by atoms with E-state index in [0.29, 0.717) is 11.6 Å². The summed E-state index contributed by atoms with van der Waals surface area (Å²) >= 11 is 0. The maximum atomic E-state index is 6.03. The van der Waals surface area contributed by atoms with Crippen LogP contribution in [-0.2, 0) is 0 Å². The second kappa shape index (κ2) is 7.13. The number of aromatic nitrogens is 1. The predicted molar refractivity (Wildman–Crippen MR) is 85.0 cm³/mol. The minimum Gasteiger partial charge on any atom is -0.493 e. The summed E-state index contributed by atoms with van der Waals surface area (Å²) in [5.74, 6) is 1.51. The molecule has 1 unspecified atom stereocenters. The summed E-state index contributed by atoms with van der Waals surface area (Å²) in [4.78, 5) is 4.33. The smallest absolute Gasteiger partial charge is 0.130 e. The van der Waals surface area contributed by atoms with Crippen molar-refractivity contribution in [1.29, 1.82) is 0 Å². The number of pyridine rings is 1.